The van der Waals surface area contributed by atoms with Crippen molar-refractivity contribution >= 4 is 17.7 Å². The van der Waals surface area contributed by atoms with Crippen molar-refractivity contribution in [2.24, 2.45) is 40.7 Å². The molecule has 8 heteroatoms. The lowest BCUT2D eigenvalue weighted by Crippen LogP contribution is -2.43. The Morgan fingerprint density at radius 3 is 2.42 bits per heavy atom. The molecular formula is C32H53NO7. The average Bonchev–Trinajstić information content (AvgIpc) is 2.87. The number of allylic oxidation sites excluding steroid dienone is 3. The number of aliphatic hydroxyl groups is 2. The number of carboxylic acid groups (broad SMARTS) is 1. The largest absolute Gasteiger partial charge is 0.481 e. The first-order chi connectivity index (χ1) is 18.8. The molecule has 0 aromatic heterocycles. The number of carbonyl (C=O) groups is 3. The number of aliphatic hydroxyl groups excluding tert-OH is 2. The molecular weight excluding hydrogens is 510 g/mol. The summed E-state index contributed by atoms with van der Waals surface area (Å²) in [5, 5.41) is 30.6. The second kappa shape index (κ2) is 15.8. The fraction of sp³-hybridized carbons (Fsp3) is 0.781. The van der Waals surface area contributed by atoms with E-state index in [0.717, 1.165) is 6.42 Å². The molecule has 0 saturated carbocycles. The Morgan fingerprint density at radius 2 is 1.80 bits per heavy atom. The van der Waals surface area contributed by atoms with Crippen molar-refractivity contribution in [2.75, 3.05) is 6.54 Å². The number of hydrogen-bond donors (Lipinski definition) is 4. The Kier molecular flexibility index (Phi) is 13.5. The fourth-order valence-corrected chi connectivity index (χ4v) is 6.03. The molecule has 0 unspecified atom stereocenters. The van der Waals surface area contributed by atoms with Crippen molar-refractivity contribution in [1.82, 2.24) is 0 Å². The zero-order valence-corrected chi connectivity index (χ0v) is 25.2. The number of carbonyl (C=O) groups excluding carboxylic acids is 2. The van der Waals surface area contributed by atoms with Crippen LogP contribution < -0.4 is 5.73 Å². The van der Waals surface area contributed by atoms with Gasteiger partial charge in [-0.15, -0.1) is 0 Å². The average molecular weight is 564 g/mol. The summed E-state index contributed by atoms with van der Waals surface area (Å²) >= 11 is 0. The van der Waals surface area contributed by atoms with Crippen molar-refractivity contribution in [1.29, 1.82) is 0 Å². The van der Waals surface area contributed by atoms with Gasteiger partial charge in [0.1, 0.15) is 11.9 Å². The summed E-state index contributed by atoms with van der Waals surface area (Å²) in [6.45, 7) is 10.6. The molecule has 5 N–H and O–H groups in total. The first kappa shape index (κ1) is 34.2. The normalized spacial score (nSPS) is 26.8. The molecule has 2 aliphatic carbocycles. The van der Waals surface area contributed by atoms with E-state index in [4.69, 9.17) is 10.5 Å². The van der Waals surface area contributed by atoms with Crippen LogP contribution in [0.15, 0.2) is 23.8 Å². The number of fused-ring (bicyclic) bond motifs is 1. The van der Waals surface area contributed by atoms with Gasteiger partial charge in [0.2, 0.25) is 0 Å². The van der Waals surface area contributed by atoms with Crippen molar-refractivity contribution < 1.29 is 34.4 Å². The standard InChI is InChI=1S/C32H53NO7/c1-6-32(4,5)31(39)40-28-16-20(2)15-22-11-10-21(3)27(29(22)28)13-12-24(34)18-26(36)19-25(35)17-23(30(37)38)9-7-8-14-33/h10-11,15,20-21,23-24,26-29,34,36H,6-9,12-14,16-19,33H2,1-5H3,(H,37,38)/t20-,21-,23-,24+,26+,27-,28-,29-/m0/s1. The minimum Gasteiger partial charge on any atom is -0.481 e. The second-order valence-corrected chi connectivity index (χ2v) is 12.9. The SMILES string of the molecule is CCC(C)(C)C(=O)O[C@H]1C[C@@H](C)C=C2C=C[C@H](C)[C@H](CC[C@@H](O)C[C@@H](O)CC(=O)C[C@H](CCCCN)C(=O)O)[C@H]21. The monoisotopic (exact) mass is 563 g/mol. The summed E-state index contributed by atoms with van der Waals surface area (Å²) in [6.07, 6.45) is 8.66. The molecule has 8 atom stereocenters. The minimum absolute atomic E-state index is 0.0544. The number of aliphatic carboxylic acids is 1. The Balaban J connectivity index is 1.97. The van der Waals surface area contributed by atoms with Gasteiger partial charge in [-0.25, -0.2) is 0 Å². The summed E-state index contributed by atoms with van der Waals surface area (Å²) in [6, 6.07) is 0. The quantitative estimate of drug-likeness (QED) is 0.146. The van der Waals surface area contributed by atoms with Crippen LogP contribution >= 0.6 is 0 Å². The highest BCUT2D eigenvalue weighted by Gasteiger charge is 2.43. The van der Waals surface area contributed by atoms with Gasteiger partial charge in [0, 0.05) is 18.8 Å². The van der Waals surface area contributed by atoms with Gasteiger partial charge in [-0.3, -0.25) is 14.4 Å². The predicted octanol–water partition coefficient (Wildman–Crippen LogP) is 4.81. The number of hydrogen-bond acceptors (Lipinski definition) is 7. The fourth-order valence-electron chi connectivity index (χ4n) is 6.03. The highest BCUT2D eigenvalue weighted by atomic mass is 16.5. The van der Waals surface area contributed by atoms with E-state index < -0.39 is 29.5 Å². The Labute approximate surface area is 240 Å². The molecule has 0 bridgehead atoms. The lowest BCUT2D eigenvalue weighted by atomic mass is 9.65. The van der Waals surface area contributed by atoms with Gasteiger partial charge in [-0.05, 0) is 88.7 Å². The highest BCUT2D eigenvalue weighted by molar-refractivity contribution is 5.84. The van der Waals surface area contributed by atoms with Gasteiger partial charge in [-0.1, -0.05) is 45.4 Å². The van der Waals surface area contributed by atoms with Crippen LogP contribution in [0.4, 0.5) is 0 Å². The third-order valence-corrected chi connectivity index (χ3v) is 8.96. The molecule has 8 nitrogen and oxygen atoms in total. The van der Waals surface area contributed by atoms with Crippen LogP contribution in [-0.4, -0.2) is 57.9 Å². The van der Waals surface area contributed by atoms with Crippen LogP contribution in [-0.2, 0) is 19.1 Å². The first-order valence-electron chi connectivity index (χ1n) is 15.2. The number of unbranched alkanes of at least 4 members (excludes halogenated alkanes) is 1. The van der Waals surface area contributed by atoms with E-state index in [1.165, 1.54) is 5.57 Å². The molecule has 0 radical (unpaired) electrons. The molecule has 0 fully saturated rings. The van der Waals surface area contributed by atoms with Crippen LogP contribution in [0, 0.1) is 35.0 Å². The van der Waals surface area contributed by atoms with Gasteiger partial charge < -0.3 is 25.8 Å². The van der Waals surface area contributed by atoms with Gasteiger partial charge in [0.25, 0.3) is 0 Å². The maximum Gasteiger partial charge on any atom is 0.311 e. The second-order valence-electron chi connectivity index (χ2n) is 12.9. The Bertz CT molecular complexity index is 911. The summed E-state index contributed by atoms with van der Waals surface area (Å²) in [5.74, 6) is -1.51. The molecule has 0 heterocycles. The smallest absolute Gasteiger partial charge is 0.311 e. The van der Waals surface area contributed by atoms with Gasteiger partial charge >= 0.3 is 11.9 Å². The van der Waals surface area contributed by atoms with Crippen molar-refractivity contribution in [3.8, 4) is 0 Å². The highest BCUT2D eigenvalue weighted by Crippen LogP contribution is 2.45. The summed E-state index contributed by atoms with van der Waals surface area (Å²) in [4.78, 5) is 36.9. The van der Waals surface area contributed by atoms with Gasteiger partial charge in [-0.2, -0.15) is 0 Å². The van der Waals surface area contributed by atoms with Crippen LogP contribution in [0.3, 0.4) is 0 Å². The maximum absolute atomic E-state index is 13.0. The number of carboxylic acids is 1. The molecule has 40 heavy (non-hydrogen) atoms. The number of Topliss-reactive ketones (excluding diaryl/α,β-unsaturated/α-hetero) is 1. The van der Waals surface area contributed by atoms with Crippen molar-refractivity contribution in [2.45, 2.75) is 117 Å². The Morgan fingerprint density at radius 1 is 1.10 bits per heavy atom. The van der Waals surface area contributed by atoms with E-state index in [9.17, 15) is 29.7 Å². The zero-order chi connectivity index (χ0) is 30.0. The molecule has 0 spiro atoms. The van der Waals surface area contributed by atoms with E-state index in [1.807, 2.05) is 20.8 Å². The third kappa shape index (κ3) is 10.1. The molecule has 0 aromatic carbocycles. The molecule has 0 saturated heterocycles. The molecule has 0 aliphatic heterocycles. The van der Waals surface area contributed by atoms with E-state index in [0.29, 0.717) is 51.0 Å². The van der Waals surface area contributed by atoms with Crippen LogP contribution in [0.2, 0.25) is 0 Å². The molecule has 228 valence electrons. The van der Waals surface area contributed by atoms with Crippen LogP contribution in [0.5, 0.6) is 0 Å². The summed E-state index contributed by atoms with van der Waals surface area (Å²) in [7, 11) is 0. The number of esters is 1. The minimum atomic E-state index is -1.03. The summed E-state index contributed by atoms with van der Waals surface area (Å²) in [5.41, 5.74) is 6.11. The number of ketones is 1. The molecule has 2 rings (SSSR count). The van der Waals surface area contributed by atoms with E-state index >= 15 is 0 Å². The lowest BCUT2D eigenvalue weighted by molar-refractivity contribution is -0.164. The molecule has 0 aromatic rings. The van der Waals surface area contributed by atoms with Gasteiger partial charge in [0.15, 0.2) is 0 Å². The van der Waals surface area contributed by atoms with Crippen molar-refractivity contribution in [3.05, 3.63) is 23.8 Å². The predicted molar refractivity (Wildman–Crippen MR) is 155 cm³/mol. The Hall–Kier alpha value is -2.03. The lowest BCUT2D eigenvalue weighted by Gasteiger charge is -2.44. The number of rotatable bonds is 17. The number of ether oxygens (including phenoxy) is 1. The van der Waals surface area contributed by atoms with E-state index in [-0.39, 0.29) is 54.9 Å². The number of nitrogens with two attached hydrogens (primary N) is 1. The van der Waals surface area contributed by atoms with E-state index in [2.05, 4.69) is 32.1 Å². The van der Waals surface area contributed by atoms with Gasteiger partial charge in [0.05, 0.1) is 23.5 Å². The topological polar surface area (TPSA) is 147 Å². The maximum atomic E-state index is 13.0. The van der Waals surface area contributed by atoms with E-state index in [1.54, 1.807) is 0 Å². The molecule has 2 aliphatic rings. The first-order valence-corrected chi connectivity index (χ1v) is 15.2. The summed E-state index contributed by atoms with van der Waals surface area (Å²) < 4.78 is 6.16. The van der Waals surface area contributed by atoms with Crippen molar-refractivity contribution in [3.63, 3.8) is 0 Å². The van der Waals surface area contributed by atoms with Crippen LogP contribution in [0.1, 0.15) is 98.8 Å². The molecule has 0 amide bonds. The van der Waals surface area contributed by atoms with Crippen LogP contribution in [0.25, 0.3) is 0 Å². The third-order valence-electron chi connectivity index (χ3n) is 8.96. The zero-order valence-electron chi connectivity index (χ0n) is 25.2.